The molecule has 0 saturated carbocycles. The summed E-state index contributed by atoms with van der Waals surface area (Å²) >= 11 is 0. The second kappa shape index (κ2) is 5.47. The first-order chi connectivity index (χ1) is 8.20. The van der Waals surface area contributed by atoms with Crippen LogP contribution in [0.15, 0.2) is 0 Å². The molecule has 8 heteroatoms. The predicted octanol–water partition coefficient (Wildman–Crippen LogP) is -2.33. The van der Waals surface area contributed by atoms with E-state index in [9.17, 15) is 20.1 Å². The van der Waals surface area contributed by atoms with Crippen molar-refractivity contribution in [3.8, 4) is 0 Å². The van der Waals surface area contributed by atoms with E-state index in [0.29, 0.717) is 0 Å². The Balaban J connectivity index is 2.79. The molecule has 0 spiro atoms. The lowest BCUT2D eigenvalue weighted by Crippen LogP contribution is -2.61. The van der Waals surface area contributed by atoms with Gasteiger partial charge in [0.1, 0.15) is 24.4 Å². The first-order valence-corrected chi connectivity index (χ1v) is 5.42. The lowest BCUT2D eigenvalue weighted by atomic mass is 9.99. The Bertz CT molecular complexity index is 302. The van der Waals surface area contributed by atoms with Crippen LogP contribution in [0.4, 0.5) is 0 Å². The van der Waals surface area contributed by atoms with Crippen LogP contribution < -0.4 is 0 Å². The molecule has 5 atom stereocenters. The number of rotatable bonds is 4. The van der Waals surface area contributed by atoms with Crippen molar-refractivity contribution in [3.63, 3.8) is 0 Å². The van der Waals surface area contributed by atoms with Crippen molar-refractivity contribution in [2.45, 2.75) is 50.2 Å². The van der Waals surface area contributed by atoms with Gasteiger partial charge in [-0.05, 0) is 13.8 Å². The predicted molar refractivity (Wildman–Crippen MR) is 56.6 cm³/mol. The van der Waals surface area contributed by atoms with Gasteiger partial charge in [-0.15, -0.1) is 0 Å². The Morgan fingerprint density at radius 2 is 1.78 bits per heavy atom. The van der Waals surface area contributed by atoms with Crippen molar-refractivity contribution >= 4 is 5.97 Å². The molecule has 1 fully saturated rings. The number of carbonyl (C=O) groups is 1. The quantitative estimate of drug-likeness (QED) is 0.382. The van der Waals surface area contributed by atoms with Crippen molar-refractivity contribution < 1.29 is 39.8 Å². The molecule has 0 aromatic carbocycles. The van der Waals surface area contributed by atoms with E-state index >= 15 is 0 Å². The zero-order chi connectivity index (χ0) is 14.1. The second-order valence-corrected chi connectivity index (χ2v) is 4.63. The summed E-state index contributed by atoms with van der Waals surface area (Å²) in [4.78, 5) is 10.9. The van der Waals surface area contributed by atoms with E-state index in [2.05, 4.69) is 0 Å². The van der Waals surface area contributed by atoms with Crippen LogP contribution in [0.1, 0.15) is 13.8 Å². The minimum absolute atomic E-state index is 0.599. The van der Waals surface area contributed by atoms with Crippen molar-refractivity contribution in [2.75, 3.05) is 6.61 Å². The molecule has 5 N–H and O–H groups in total. The maximum absolute atomic E-state index is 10.9. The van der Waals surface area contributed by atoms with Gasteiger partial charge in [-0.2, -0.15) is 0 Å². The van der Waals surface area contributed by atoms with Crippen molar-refractivity contribution in [3.05, 3.63) is 0 Å². The number of aliphatic hydroxyl groups is 4. The van der Waals surface area contributed by atoms with Crippen molar-refractivity contribution in [2.24, 2.45) is 0 Å². The van der Waals surface area contributed by atoms with Gasteiger partial charge in [0.15, 0.2) is 11.9 Å². The second-order valence-electron chi connectivity index (χ2n) is 4.63. The Hall–Kier alpha value is -0.770. The summed E-state index contributed by atoms with van der Waals surface area (Å²) in [6.07, 6.45) is -7.28. The van der Waals surface area contributed by atoms with Crippen LogP contribution in [0.3, 0.4) is 0 Å². The summed E-state index contributed by atoms with van der Waals surface area (Å²) in [5.74, 6) is -1.28. The topological polar surface area (TPSA) is 137 Å². The SMILES string of the molecule is CC(C)(O[C@H]1O[C@H](CO)[C@@H](O)[C@H](O)[C@@H]1O)C(=O)O. The molecule has 0 aromatic heterocycles. The van der Waals surface area contributed by atoms with E-state index in [0.717, 1.165) is 0 Å². The van der Waals surface area contributed by atoms with Crippen LogP contribution in [0.2, 0.25) is 0 Å². The van der Waals surface area contributed by atoms with E-state index in [4.69, 9.17) is 19.7 Å². The Labute approximate surface area is 103 Å². The van der Waals surface area contributed by atoms with Crippen molar-refractivity contribution in [1.82, 2.24) is 0 Å². The summed E-state index contributed by atoms with van der Waals surface area (Å²) in [7, 11) is 0. The van der Waals surface area contributed by atoms with Gasteiger partial charge >= 0.3 is 5.97 Å². The minimum atomic E-state index is -1.65. The monoisotopic (exact) mass is 266 g/mol. The molecular weight excluding hydrogens is 248 g/mol. The highest BCUT2D eigenvalue weighted by atomic mass is 16.7. The smallest absolute Gasteiger partial charge is 0.335 e. The molecule has 1 heterocycles. The summed E-state index contributed by atoms with van der Waals surface area (Å²) < 4.78 is 10.1. The number of hydrogen-bond donors (Lipinski definition) is 5. The molecule has 106 valence electrons. The van der Waals surface area contributed by atoms with Gasteiger partial charge in [-0.3, -0.25) is 0 Å². The minimum Gasteiger partial charge on any atom is -0.479 e. The van der Waals surface area contributed by atoms with E-state index in [1.54, 1.807) is 0 Å². The largest absolute Gasteiger partial charge is 0.479 e. The zero-order valence-electron chi connectivity index (χ0n) is 10.1. The third-order valence-electron chi connectivity index (χ3n) is 2.77. The van der Waals surface area contributed by atoms with E-state index in [1.165, 1.54) is 13.8 Å². The van der Waals surface area contributed by atoms with Crippen molar-refractivity contribution in [1.29, 1.82) is 0 Å². The van der Waals surface area contributed by atoms with E-state index < -0.39 is 48.9 Å². The molecule has 0 radical (unpaired) electrons. The summed E-state index contributed by atoms with van der Waals surface area (Å²) in [6, 6.07) is 0. The van der Waals surface area contributed by atoms with Crippen LogP contribution in [-0.4, -0.2) is 74.4 Å². The lowest BCUT2D eigenvalue weighted by Gasteiger charge is -2.41. The number of aliphatic hydroxyl groups excluding tert-OH is 4. The third-order valence-corrected chi connectivity index (χ3v) is 2.77. The Morgan fingerprint density at radius 3 is 2.22 bits per heavy atom. The number of carboxylic acid groups (broad SMARTS) is 1. The molecule has 18 heavy (non-hydrogen) atoms. The molecule has 8 nitrogen and oxygen atoms in total. The molecule has 0 unspecified atom stereocenters. The fourth-order valence-corrected chi connectivity index (χ4v) is 1.51. The maximum atomic E-state index is 10.9. The normalized spacial score (nSPS) is 37.6. The van der Waals surface area contributed by atoms with Gasteiger partial charge in [0.2, 0.25) is 0 Å². The summed E-state index contributed by atoms with van der Waals surface area (Å²) in [6.45, 7) is 1.89. The van der Waals surface area contributed by atoms with E-state index in [-0.39, 0.29) is 0 Å². The van der Waals surface area contributed by atoms with Gasteiger partial charge < -0.3 is 35.0 Å². The molecule has 1 saturated heterocycles. The number of carboxylic acids is 1. The molecule has 0 bridgehead atoms. The fourth-order valence-electron chi connectivity index (χ4n) is 1.51. The standard InChI is InChI=1S/C10H18O8/c1-10(2,9(15)16)18-8-7(14)6(13)5(12)4(3-11)17-8/h4-8,11-14H,3H2,1-2H3,(H,15,16)/t4-,5-,6+,7+,8-/m1/s1. The summed E-state index contributed by atoms with van der Waals surface area (Å²) in [5, 5.41) is 46.4. The van der Waals surface area contributed by atoms with Gasteiger partial charge in [-0.25, -0.2) is 4.79 Å². The first kappa shape index (κ1) is 15.3. The third kappa shape index (κ3) is 2.97. The van der Waals surface area contributed by atoms with Gasteiger partial charge in [0, 0.05) is 0 Å². The highest BCUT2D eigenvalue weighted by Gasteiger charge is 2.46. The highest BCUT2D eigenvalue weighted by molar-refractivity contribution is 5.76. The molecule has 1 aliphatic rings. The van der Waals surface area contributed by atoms with Crippen LogP contribution in [0.5, 0.6) is 0 Å². The average molecular weight is 266 g/mol. The molecule has 0 aliphatic carbocycles. The number of aliphatic carboxylic acids is 1. The van der Waals surface area contributed by atoms with Crippen LogP contribution in [0.25, 0.3) is 0 Å². The molecular formula is C10H18O8. The fraction of sp³-hybridized carbons (Fsp3) is 0.900. The van der Waals surface area contributed by atoms with Crippen LogP contribution in [-0.2, 0) is 14.3 Å². The zero-order valence-corrected chi connectivity index (χ0v) is 10.1. The van der Waals surface area contributed by atoms with Gasteiger partial charge in [0.25, 0.3) is 0 Å². The van der Waals surface area contributed by atoms with Crippen LogP contribution in [0, 0.1) is 0 Å². The molecule has 1 rings (SSSR count). The van der Waals surface area contributed by atoms with Gasteiger partial charge in [-0.1, -0.05) is 0 Å². The van der Waals surface area contributed by atoms with Crippen LogP contribution >= 0.6 is 0 Å². The van der Waals surface area contributed by atoms with Gasteiger partial charge in [0.05, 0.1) is 6.61 Å². The maximum Gasteiger partial charge on any atom is 0.335 e. The van der Waals surface area contributed by atoms with E-state index in [1.807, 2.05) is 0 Å². The average Bonchev–Trinajstić information content (AvgIpc) is 2.29. The molecule has 1 aliphatic heterocycles. The Morgan fingerprint density at radius 1 is 1.22 bits per heavy atom. The molecule has 0 aromatic rings. The highest BCUT2D eigenvalue weighted by Crippen LogP contribution is 2.25. The number of ether oxygens (including phenoxy) is 2. The molecule has 0 amide bonds. The first-order valence-electron chi connectivity index (χ1n) is 5.42. The Kier molecular flexibility index (Phi) is 4.65. The lowest BCUT2D eigenvalue weighted by molar-refractivity contribution is -0.320. The summed E-state index contributed by atoms with van der Waals surface area (Å²) in [5.41, 5.74) is -1.65. The number of hydrogen-bond acceptors (Lipinski definition) is 7.